The molecule has 0 saturated heterocycles. The summed E-state index contributed by atoms with van der Waals surface area (Å²) in [5, 5.41) is 0. The highest BCUT2D eigenvalue weighted by atomic mass is 16.2. The van der Waals surface area contributed by atoms with E-state index in [1.165, 1.54) is 0 Å². The quantitative estimate of drug-likeness (QED) is 0.469. The zero-order chi connectivity index (χ0) is 10.7. The molecule has 0 aromatic heterocycles. The number of Topliss-reactive ketones (excluding diaryl/α,β-unsaturated/α-hetero) is 2. The zero-order valence-corrected chi connectivity index (χ0v) is 8.96. The van der Waals surface area contributed by atoms with Crippen molar-refractivity contribution in [3.63, 3.8) is 0 Å². The average Bonchev–Trinajstić information content (AvgIpc) is 2.13. The molecule has 2 nitrogen and oxygen atoms in total. The third kappa shape index (κ3) is 2.04. The average molecular weight is 192 g/mol. The van der Waals surface area contributed by atoms with Crippen molar-refractivity contribution in [1.29, 1.82) is 0 Å². The molecule has 0 bridgehead atoms. The Balaban J connectivity index is 2.85. The highest BCUT2D eigenvalue weighted by Crippen LogP contribution is 2.27. The van der Waals surface area contributed by atoms with Crippen LogP contribution in [0.2, 0.25) is 0 Å². The Kier molecular flexibility index (Phi) is 3.46. The van der Waals surface area contributed by atoms with Crippen molar-refractivity contribution in [2.75, 3.05) is 0 Å². The molecule has 3 unspecified atom stereocenters. The van der Waals surface area contributed by atoms with E-state index in [1.807, 2.05) is 13.8 Å². The summed E-state index contributed by atoms with van der Waals surface area (Å²) in [6.07, 6.45) is 1.24. The number of ketones is 2. The third-order valence-corrected chi connectivity index (χ3v) is 2.83. The van der Waals surface area contributed by atoms with Gasteiger partial charge in [0.2, 0.25) is 0 Å². The highest BCUT2D eigenvalue weighted by Gasteiger charge is 2.37. The molecule has 1 aliphatic carbocycles. The van der Waals surface area contributed by atoms with Crippen LogP contribution in [-0.2, 0) is 9.59 Å². The summed E-state index contributed by atoms with van der Waals surface area (Å²) in [6, 6.07) is 0. The maximum atomic E-state index is 11.8. The Morgan fingerprint density at radius 2 is 2.07 bits per heavy atom. The van der Waals surface area contributed by atoms with Crippen LogP contribution in [0, 0.1) is 29.6 Å². The smallest absolute Gasteiger partial charge is 0.147 e. The molecule has 0 amide bonds. The number of carbonyl (C=O) groups is 2. The van der Waals surface area contributed by atoms with Crippen molar-refractivity contribution in [3.05, 3.63) is 0 Å². The summed E-state index contributed by atoms with van der Waals surface area (Å²) in [4.78, 5) is 23.3. The zero-order valence-electron chi connectivity index (χ0n) is 8.96. The first kappa shape index (κ1) is 11.0. The maximum Gasteiger partial charge on any atom is 0.147 e. The molecule has 0 N–H and O–H groups in total. The molecule has 76 valence electrons. The van der Waals surface area contributed by atoms with Crippen LogP contribution in [0.4, 0.5) is 0 Å². The lowest BCUT2D eigenvalue weighted by atomic mass is 9.74. The van der Waals surface area contributed by atoms with Crippen molar-refractivity contribution in [1.82, 2.24) is 0 Å². The van der Waals surface area contributed by atoms with E-state index in [1.54, 1.807) is 6.92 Å². The molecule has 0 radical (unpaired) electrons. The van der Waals surface area contributed by atoms with Gasteiger partial charge in [-0.05, 0) is 13.3 Å². The van der Waals surface area contributed by atoms with Gasteiger partial charge in [0.1, 0.15) is 11.6 Å². The van der Waals surface area contributed by atoms with Crippen LogP contribution < -0.4 is 0 Å². The number of hydrogen-bond acceptors (Lipinski definition) is 2. The normalized spacial score (nSPS) is 29.4. The second-order valence-electron chi connectivity index (χ2n) is 3.97. The number of carbonyl (C=O) groups excluding carboxylic acids is 2. The minimum absolute atomic E-state index is 0.0267. The fraction of sp³-hybridized carbons (Fsp3) is 0.667. The molecule has 1 fully saturated rings. The molecule has 14 heavy (non-hydrogen) atoms. The van der Waals surface area contributed by atoms with E-state index in [-0.39, 0.29) is 23.4 Å². The van der Waals surface area contributed by atoms with E-state index in [0.29, 0.717) is 12.8 Å². The van der Waals surface area contributed by atoms with Crippen LogP contribution >= 0.6 is 0 Å². The molecule has 0 aromatic carbocycles. The molecular weight excluding hydrogens is 176 g/mol. The van der Waals surface area contributed by atoms with Gasteiger partial charge >= 0.3 is 0 Å². The van der Waals surface area contributed by atoms with Gasteiger partial charge in [-0.25, -0.2) is 0 Å². The molecule has 1 aliphatic rings. The van der Waals surface area contributed by atoms with E-state index in [4.69, 9.17) is 0 Å². The Bertz CT molecular complexity index is 306. The Hall–Kier alpha value is -1.10. The lowest BCUT2D eigenvalue weighted by Crippen LogP contribution is -2.37. The highest BCUT2D eigenvalue weighted by molar-refractivity contribution is 6.05. The fourth-order valence-corrected chi connectivity index (χ4v) is 1.96. The molecule has 2 heteroatoms. The van der Waals surface area contributed by atoms with Gasteiger partial charge in [-0.15, -0.1) is 5.92 Å². The molecule has 1 rings (SSSR count). The summed E-state index contributed by atoms with van der Waals surface area (Å²) < 4.78 is 0. The molecule has 0 heterocycles. The van der Waals surface area contributed by atoms with Gasteiger partial charge < -0.3 is 0 Å². The van der Waals surface area contributed by atoms with Crippen molar-refractivity contribution < 1.29 is 9.59 Å². The number of hydrogen-bond donors (Lipinski definition) is 0. The monoisotopic (exact) mass is 192 g/mol. The summed E-state index contributed by atoms with van der Waals surface area (Å²) in [5.41, 5.74) is 0. The Labute approximate surface area is 85.1 Å². The first-order valence-electron chi connectivity index (χ1n) is 5.06. The predicted molar refractivity (Wildman–Crippen MR) is 54.5 cm³/mol. The van der Waals surface area contributed by atoms with Gasteiger partial charge in [-0.3, -0.25) is 9.59 Å². The predicted octanol–water partition coefficient (Wildman–Crippen LogP) is 1.83. The first-order chi connectivity index (χ1) is 6.57. The SMILES string of the molecule is CC#CC(C)C1C(=O)CCC(C)C1=O. The van der Waals surface area contributed by atoms with Crippen LogP contribution in [0.3, 0.4) is 0 Å². The lowest BCUT2D eigenvalue weighted by Gasteiger charge is -2.26. The number of rotatable bonds is 1. The topological polar surface area (TPSA) is 34.1 Å². The third-order valence-electron chi connectivity index (χ3n) is 2.83. The van der Waals surface area contributed by atoms with Crippen molar-refractivity contribution in [2.24, 2.45) is 17.8 Å². The maximum absolute atomic E-state index is 11.8. The summed E-state index contributed by atoms with van der Waals surface area (Å²) in [6.45, 7) is 5.49. The van der Waals surface area contributed by atoms with E-state index in [9.17, 15) is 9.59 Å². The van der Waals surface area contributed by atoms with Gasteiger partial charge in [-0.1, -0.05) is 19.8 Å². The second-order valence-corrected chi connectivity index (χ2v) is 3.97. The molecule has 0 aliphatic heterocycles. The Morgan fingerprint density at radius 3 is 2.64 bits per heavy atom. The van der Waals surface area contributed by atoms with Crippen LogP contribution in [0.15, 0.2) is 0 Å². The van der Waals surface area contributed by atoms with Gasteiger partial charge in [0.05, 0.1) is 5.92 Å². The molecular formula is C12H16O2. The van der Waals surface area contributed by atoms with Crippen LogP contribution in [0.1, 0.15) is 33.6 Å². The summed E-state index contributed by atoms with van der Waals surface area (Å²) >= 11 is 0. The minimum Gasteiger partial charge on any atom is -0.299 e. The Morgan fingerprint density at radius 1 is 1.43 bits per heavy atom. The van der Waals surface area contributed by atoms with Crippen LogP contribution in [-0.4, -0.2) is 11.6 Å². The van der Waals surface area contributed by atoms with Gasteiger partial charge in [0.15, 0.2) is 0 Å². The first-order valence-corrected chi connectivity index (χ1v) is 5.06. The van der Waals surface area contributed by atoms with Crippen molar-refractivity contribution >= 4 is 11.6 Å². The fourth-order valence-electron chi connectivity index (χ4n) is 1.96. The van der Waals surface area contributed by atoms with Crippen LogP contribution in [0.5, 0.6) is 0 Å². The standard InChI is InChI=1S/C12H16O2/c1-4-5-8(2)11-10(13)7-6-9(3)12(11)14/h8-9,11H,6-7H2,1-3H3. The van der Waals surface area contributed by atoms with Gasteiger partial charge in [-0.2, -0.15) is 0 Å². The van der Waals surface area contributed by atoms with E-state index < -0.39 is 5.92 Å². The molecule has 0 aromatic rings. The van der Waals surface area contributed by atoms with Crippen molar-refractivity contribution in [2.45, 2.75) is 33.6 Å². The molecule has 3 atom stereocenters. The lowest BCUT2D eigenvalue weighted by molar-refractivity contribution is -0.139. The molecule has 1 saturated carbocycles. The molecule has 0 spiro atoms. The van der Waals surface area contributed by atoms with Crippen LogP contribution in [0.25, 0.3) is 0 Å². The van der Waals surface area contributed by atoms with E-state index in [2.05, 4.69) is 11.8 Å². The minimum atomic E-state index is -0.466. The van der Waals surface area contributed by atoms with Gasteiger partial charge in [0.25, 0.3) is 0 Å². The second kappa shape index (κ2) is 4.41. The summed E-state index contributed by atoms with van der Waals surface area (Å²) in [7, 11) is 0. The van der Waals surface area contributed by atoms with Gasteiger partial charge in [0, 0.05) is 18.3 Å². The van der Waals surface area contributed by atoms with E-state index >= 15 is 0 Å². The largest absolute Gasteiger partial charge is 0.299 e. The van der Waals surface area contributed by atoms with Crippen molar-refractivity contribution in [3.8, 4) is 11.8 Å². The van der Waals surface area contributed by atoms with E-state index in [0.717, 1.165) is 0 Å². The summed E-state index contributed by atoms with van der Waals surface area (Å²) in [5.74, 6) is 5.26.